The average Bonchev–Trinajstić information content (AvgIpc) is 2.83. The Kier molecular flexibility index (Phi) is 4.18. The lowest BCUT2D eigenvalue weighted by Crippen LogP contribution is -2.44. The number of hydrogen-bond donors (Lipinski definition) is 1. The van der Waals surface area contributed by atoms with Gasteiger partial charge in [0.2, 0.25) is 0 Å². The SMILES string of the molecule is CC1CN(Cc2cc(N)cc(-c3cnn(C)c3)c2)CC(C)O1. The predicted molar refractivity (Wildman–Crippen MR) is 88.3 cm³/mol. The molecule has 0 bridgehead atoms. The van der Waals surface area contributed by atoms with Gasteiger partial charge in [-0.3, -0.25) is 9.58 Å². The molecule has 2 atom stereocenters. The van der Waals surface area contributed by atoms with Gasteiger partial charge in [0.1, 0.15) is 0 Å². The first-order valence-corrected chi connectivity index (χ1v) is 7.76. The molecular weight excluding hydrogens is 276 g/mol. The molecule has 1 aromatic carbocycles. The number of anilines is 1. The van der Waals surface area contributed by atoms with E-state index >= 15 is 0 Å². The van der Waals surface area contributed by atoms with Gasteiger partial charge in [-0.2, -0.15) is 5.10 Å². The van der Waals surface area contributed by atoms with Gasteiger partial charge >= 0.3 is 0 Å². The molecule has 0 amide bonds. The van der Waals surface area contributed by atoms with E-state index in [1.165, 1.54) is 5.56 Å². The lowest BCUT2D eigenvalue weighted by atomic mass is 10.0. The van der Waals surface area contributed by atoms with E-state index in [0.29, 0.717) is 0 Å². The van der Waals surface area contributed by atoms with Crippen LogP contribution < -0.4 is 5.73 Å². The van der Waals surface area contributed by atoms with Crippen LogP contribution in [0.25, 0.3) is 11.1 Å². The summed E-state index contributed by atoms with van der Waals surface area (Å²) in [6.07, 6.45) is 4.44. The van der Waals surface area contributed by atoms with Crippen molar-refractivity contribution in [3.05, 3.63) is 36.2 Å². The molecule has 2 heterocycles. The van der Waals surface area contributed by atoms with Crippen molar-refractivity contribution in [2.75, 3.05) is 18.8 Å². The highest BCUT2D eigenvalue weighted by atomic mass is 16.5. The fourth-order valence-electron chi connectivity index (χ4n) is 3.22. The van der Waals surface area contributed by atoms with Gasteiger partial charge in [-0.1, -0.05) is 0 Å². The summed E-state index contributed by atoms with van der Waals surface area (Å²) < 4.78 is 7.61. The molecule has 1 aliphatic heterocycles. The zero-order valence-corrected chi connectivity index (χ0v) is 13.5. The molecule has 1 aliphatic rings. The van der Waals surface area contributed by atoms with Crippen LogP contribution >= 0.6 is 0 Å². The van der Waals surface area contributed by atoms with Gasteiger partial charge < -0.3 is 10.5 Å². The number of rotatable bonds is 3. The molecule has 3 rings (SSSR count). The molecule has 0 radical (unpaired) electrons. The Balaban J connectivity index is 1.80. The number of ether oxygens (including phenoxy) is 1. The van der Waals surface area contributed by atoms with Gasteiger partial charge in [0.05, 0.1) is 18.4 Å². The van der Waals surface area contributed by atoms with E-state index in [1.54, 1.807) is 0 Å². The Morgan fingerprint density at radius 1 is 1.18 bits per heavy atom. The minimum atomic E-state index is 0.280. The van der Waals surface area contributed by atoms with E-state index in [-0.39, 0.29) is 12.2 Å². The maximum absolute atomic E-state index is 6.09. The van der Waals surface area contributed by atoms with Crippen molar-refractivity contribution >= 4 is 5.69 Å². The van der Waals surface area contributed by atoms with Crippen molar-refractivity contribution in [1.29, 1.82) is 0 Å². The van der Waals surface area contributed by atoms with Crippen LogP contribution in [0.4, 0.5) is 5.69 Å². The molecular formula is C17H24N4O. The van der Waals surface area contributed by atoms with Crippen molar-refractivity contribution < 1.29 is 4.74 Å². The van der Waals surface area contributed by atoms with Crippen LogP contribution in [-0.2, 0) is 18.3 Å². The number of nitrogens with two attached hydrogens (primary N) is 1. The number of hydrogen-bond acceptors (Lipinski definition) is 4. The largest absolute Gasteiger partial charge is 0.399 e. The summed E-state index contributed by atoms with van der Waals surface area (Å²) in [6, 6.07) is 6.27. The van der Waals surface area contributed by atoms with Crippen molar-refractivity contribution in [2.45, 2.75) is 32.6 Å². The molecule has 5 nitrogen and oxygen atoms in total. The average molecular weight is 300 g/mol. The number of aromatic nitrogens is 2. The summed E-state index contributed by atoms with van der Waals surface area (Å²) in [4.78, 5) is 2.43. The quantitative estimate of drug-likeness (QED) is 0.884. The van der Waals surface area contributed by atoms with Crippen LogP contribution in [0.2, 0.25) is 0 Å². The minimum absolute atomic E-state index is 0.280. The second kappa shape index (κ2) is 6.10. The molecule has 2 N–H and O–H groups in total. The molecule has 0 aliphatic carbocycles. The van der Waals surface area contributed by atoms with Gasteiger partial charge in [-0.05, 0) is 43.2 Å². The number of benzene rings is 1. The van der Waals surface area contributed by atoms with Crippen LogP contribution in [-0.4, -0.2) is 40.0 Å². The van der Waals surface area contributed by atoms with Crippen molar-refractivity contribution in [3.63, 3.8) is 0 Å². The molecule has 0 spiro atoms. The van der Waals surface area contributed by atoms with Crippen LogP contribution in [0.3, 0.4) is 0 Å². The van der Waals surface area contributed by atoms with Gasteiger partial charge in [-0.25, -0.2) is 0 Å². The third-order valence-electron chi connectivity index (χ3n) is 3.95. The normalized spacial score (nSPS) is 22.9. The number of nitrogen functional groups attached to an aromatic ring is 1. The Hall–Kier alpha value is -1.85. The fraction of sp³-hybridized carbons (Fsp3) is 0.471. The third kappa shape index (κ3) is 3.48. The lowest BCUT2D eigenvalue weighted by Gasteiger charge is -2.35. The van der Waals surface area contributed by atoms with E-state index in [1.807, 2.05) is 30.2 Å². The lowest BCUT2D eigenvalue weighted by molar-refractivity contribution is -0.0704. The summed E-state index contributed by atoms with van der Waals surface area (Å²) in [6.45, 7) is 7.07. The topological polar surface area (TPSA) is 56.3 Å². The Morgan fingerprint density at radius 3 is 2.55 bits per heavy atom. The zero-order chi connectivity index (χ0) is 15.7. The Bertz CT molecular complexity index is 642. The first kappa shape index (κ1) is 15.1. The zero-order valence-electron chi connectivity index (χ0n) is 13.5. The van der Waals surface area contributed by atoms with Crippen molar-refractivity contribution in [1.82, 2.24) is 14.7 Å². The molecule has 1 saturated heterocycles. The van der Waals surface area contributed by atoms with Crippen LogP contribution in [0.15, 0.2) is 30.6 Å². The Labute approximate surface area is 131 Å². The van der Waals surface area contributed by atoms with Crippen molar-refractivity contribution in [2.24, 2.45) is 7.05 Å². The first-order valence-electron chi connectivity index (χ1n) is 7.76. The highest BCUT2D eigenvalue weighted by Crippen LogP contribution is 2.24. The van der Waals surface area contributed by atoms with Gasteiger partial charge in [-0.15, -0.1) is 0 Å². The molecule has 0 saturated carbocycles. The highest BCUT2D eigenvalue weighted by molar-refractivity contribution is 5.67. The monoisotopic (exact) mass is 300 g/mol. The molecule has 2 unspecified atom stereocenters. The van der Waals surface area contributed by atoms with E-state index < -0.39 is 0 Å². The standard InChI is InChI=1S/C17H24N4O/c1-12-8-21(9-13(2)22-12)10-14-4-15(6-17(18)5-14)16-7-19-20(3)11-16/h4-7,11-13H,8-10,18H2,1-3H3. The molecule has 5 heteroatoms. The van der Waals surface area contributed by atoms with Gasteiger partial charge in [0.25, 0.3) is 0 Å². The summed E-state index contributed by atoms with van der Waals surface area (Å²) in [7, 11) is 1.92. The van der Waals surface area contributed by atoms with Gasteiger partial charge in [0, 0.05) is 44.1 Å². The fourth-order valence-corrected chi connectivity index (χ4v) is 3.22. The smallest absolute Gasteiger partial charge is 0.0678 e. The Morgan fingerprint density at radius 2 is 1.91 bits per heavy atom. The molecule has 2 aromatic rings. The number of aryl methyl sites for hydroxylation is 1. The minimum Gasteiger partial charge on any atom is -0.399 e. The molecule has 22 heavy (non-hydrogen) atoms. The summed E-state index contributed by atoms with van der Waals surface area (Å²) in [5.41, 5.74) is 10.3. The number of nitrogens with zero attached hydrogens (tertiary/aromatic N) is 3. The van der Waals surface area contributed by atoms with E-state index in [2.05, 4.69) is 36.0 Å². The van der Waals surface area contributed by atoms with E-state index in [9.17, 15) is 0 Å². The van der Waals surface area contributed by atoms with E-state index in [4.69, 9.17) is 10.5 Å². The maximum atomic E-state index is 6.09. The maximum Gasteiger partial charge on any atom is 0.0678 e. The molecule has 1 aromatic heterocycles. The second-order valence-corrected chi connectivity index (χ2v) is 6.32. The summed E-state index contributed by atoms with van der Waals surface area (Å²) in [5, 5.41) is 4.24. The van der Waals surface area contributed by atoms with Crippen LogP contribution in [0, 0.1) is 0 Å². The molecule has 118 valence electrons. The van der Waals surface area contributed by atoms with Crippen molar-refractivity contribution in [3.8, 4) is 11.1 Å². The predicted octanol–water partition coefficient (Wildman–Crippen LogP) is 2.28. The summed E-state index contributed by atoms with van der Waals surface area (Å²) >= 11 is 0. The third-order valence-corrected chi connectivity index (χ3v) is 3.95. The first-order chi connectivity index (χ1) is 10.5. The highest BCUT2D eigenvalue weighted by Gasteiger charge is 2.22. The van der Waals surface area contributed by atoms with Crippen LogP contribution in [0.5, 0.6) is 0 Å². The van der Waals surface area contributed by atoms with Crippen LogP contribution in [0.1, 0.15) is 19.4 Å². The van der Waals surface area contributed by atoms with Gasteiger partial charge in [0.15, 0.2) is 0 Å². The summed E-state index contributed by atoms with van der Waals surface area (Å²) in [5.74, 6) is 0. The number of morpholine rings is 1. The second-order valence-electron chi connectivity index (χ2n) is 6.32. The van der Waals surface area contributed by atoms with E-state index in [0.717, 1.165) is 36.4 Å². The molecule has 1 fully saturated rings.